The van der Waals surface area contributed by atoms with Crippen molar-refractivity contribution in [1.82, 2.24) is 14.9 Å². The first-order valence-corrected chi connectivity index (χ1v) is 5.70. The molecule has 0 radical (unpaired) electrons. The van der Waals surface area contributed by atoms with Gasteiger partial charge in [-0.05, 0) is 12.1 Å². The fourth-order valence-corrected chi connectivity index (χ4v) is 2.05. The number of nitrogens with two attached hydrogens (primary N) is 1. The second-order valence-corrected chi connectivity index (χ2v) is 4.13. The zero-order valence-electron chi connectivity index (χ0n) is 8.59. The van der Waals surface area contributed by atoms with Gasteiger partial charge in [-0.15, -0.1) is 11.3 Å². The van der Waals surface area contributed by atoms with Gasteiger partial charge in [0.25, 0.3) is 0 Å². The average Bonchev–Trinajstić information content (AvgIpc) is 2.84. The van der Waals surface area contributed by atoms with Crippen LogP contribution in [0.2, 0.25) is 0 Å². The van der Waals surface area contributed by atoms with Crippen LogP contribution < -0.4 is 11.1 Å². The Balaban J connectivity index is 2.05. The molecule has 0 saturated carbocycles. The van der Waals surface area contributed by atoms with Crippen molar-refractivity contribution in [3.63, 3.8) is 0 Å². The van der Waals surface area contributed by atoms with Crippen molar-refractivity contribution in [3.8, 4) is 5.13 Å². The van der Waals surface area contributed by atoms with Crippen LogP contribution in [-0.2, 0) is 11.3 Å². The fraction of sp³-hybridized carbons (Fsp3) is 0.200. The number of hydrogen-bond acceptors (Lipinski definition) is 4. The van der Waals surface area contributed by atoms with Crippen LogP contribution in [0, 0.1) is 0 Å². The molecule has 2 heterocycles. The topological polar surface area (TPSA) is 72.9 Å². The molecule has 3 N–H and O–H groups in total. The van der Waals surface area contributed by atoms with Gasteiger partial charge in [0.2, 0.25) is 5.91 Å². The Morgan fingerprint density at radius 2 is 2.50 bits per heavy atom. The smallest absolute Gasteiger partial charge is 0.231 e. The number of rotatable bonds is 5. The molecule has 0 aromatic carbocycles. The highest BCUT2D eigenvalue weighted by Crippen LogP contribution is 2.14. The highest BCUT2D eigenvalue weighted by atomic mass is 32.1. The van der Waals surface area contributed by atoms with Crippen molar-refractivity contribution < 1.29 is 4.79 Å². The summed E-state index contributed by atoms with van der Waals surface area (Å²) in [7, 11) is 0. The largest absolute Gasteiger partial charge is 0.369 e. The Morgan fingerprint density at radius 1 is 1.62 bits per heavy atom. The van der Waals surface area contributed by atoms with E-state index in [1.165, 1.54) is 0 Å². The van der Waals surface area contributed by atoms with Gasteiger partial charge >= 0.3 is 0 Å². The number of nitrogens with zero attached hydrogens (tertiary/aromatic N) is 2. The van der Waals surface area contributed by atoms with Crippen LogP contribution in [0.4, 0.5) is 0 Å². The Kier molecular flexibility index (Phi) is 3.33. The van der Waals surface area contributed by atoms with E-state index < -0.39 is 0 Å². The Bertz CT molecular complexity index is 463. The molecule has 0 atom stereocenters. The standard InChI is InChI=1S/C10H12N4OS/c11-9(15)7-12-6-8-2-1-4-14(8)10-13-3-5-16-10/h1-5,12H,6-7H2,(H2,11,15). The summed E-state index contributed by atoms with van der Waals surface area (Å²) in [5.41, 5.74) is 6.10. The van der Waals surface area contributed by atoms with Gasteiger partial charge in [0.05, 0.1) is 6.54 Å². The molecule has 0 spiro atoms. The number of hydrogen-bond donors (Lipinski definition) is 2. The maximum absolute atomic E-state index is 10.6. The predicted molar refractivity (Wildman–Crippen MR) is 62.3 cm³/mol. The van der Waals surface area contributed by atoms with Crippen LogP contribution in [0.25, 0.3) is 5.13 Å². The molecular formula is C10H12N4OS. The van der Waals surface area contributed by atoms with Crippen molar-refractivity contribution >= 4 is 17.2 Å². The number of carbonyl (C=O) groups is 1. The summed E-state index contributed by atoms with van der Waals surface area (Å²) in [6.45, 7) is 0.776. The molecule has 6 heteroatoms. The van der Waals surface area contributed by atoms with Crippen molar-refractivity contribution in [2.75, 3.05) is 6.54 Å². The summed E-state index contributed by atoms with van der Waals surface area (Å²) in [5.74, 6) is -0.354. The van der Waals surface area contributed by atoms with Crippen LogP contribution in [-0.4, -0.2) is 22.0 Å². The fourth-order valence-electron chi connectivity index (χ4n) is 1.40. The highest BCUT2D eigenvalue weighted by molar-refractivity contribution is 7.12. The first-order valence-electron chi connectivity index (χ1n) is 4.82. The van der Waals surface area contributed by atoms with E-state index in [0.29, 0.717) is 6.54 Å². The molecule has 5 nitrogen and oxygen atoms in total. The minimum absolute atomic E-state index is 0.184. The summed E-state index contributed by atoms with van der Waals surface area (Å²) >= 11 is 1.57. The lowest BCUT2D eigenvalue weighted by molar-refractivity contribution is -0.117. The van der Waals surface area contributed by atoms with E-state index in [1.54, 1.807) is 17.5 Å². The third kappa shape index (κ3) is 2.47. The van der Waals surface area contributed by atoms with Crippen molar-refractivity contribution in [1.29, 1.82) is 0 Å². The summed E-state index contributed by atoms with van der Waals surface area (Å²) in [5, 5.41) is 5.82. The van der Waals surface area contributed by atoms with E-state index in [9.17, 15) is 4.79 Å². The maximum Gasteiger partial charge on any atom is 0.231 e. The number of nitrogens with one attached hydrogen (secondary N) is 1. The van der Waals surface area contributed by atoms with Crippen molar-refractivity contribution in [3.05, 3.63) is 35.6 Å². The molecule has 0 bridgehead atoms. The van der Waals surface area contributed by atoms with E-state index in [-0.39, 0.29) is 12.5 Å². The molecule has 2 aromatic heterocycles. The van der Waals surface area contributed by atoms with Crippen LogP contribution in [0.3, 0.4) is 0 Å². The minimum atomic E-state index is -0.354. The molecule has 0 aliphatic heterocycles. The molecule has 0 aliphatic rings. The monoisotopic (exact) mass is 236 g/mol. The van der Waals surface area contributed by atoms with Crippen LogP contribution >= 0.6 is 11.3 Å². The summed E-state index contributed by atoms with van der Waals surface area (Å²) in [6.07, 6.45) is 3.71. The average molecular weight is 236 g/mol. The van der Waals surface area contributed by atoms with Gasteiger partial charge < -0.3 is 11.1 Å². The Labute approximate surface area is 96.9 Å². The molecular weight excluding hydrogens is 224 g/mol. The zero-order chi connectivity index (χ0) is 11.4. The van der Waals surface area contributed by atoms with E-state index in [0.717, 1.165) is 10.8 Å². The van der Waals surface area contributed by atoms with Gasteiger partial charge in [0, 0.05) is 30.0 Å². The lowest BCUT2D eigenvalue weighted by Crippen LogP contribution is -2.28. The van der Waals surface area contributed by atoms with Gasteiger partial charge in [-0.25, -0.2) is 4.98 Å². The molecule has 1 amide bonds. The number of carbonyl (C=O) groups excluding carboxylic acids is 1. The van der Waals surface area contributed by atoms with Crippen LogP contribution in [0.1, 0.15) is 5.69 Å². The zero-order valence-corrected chi connectivity index (χ0v) is 9.41. The normalized spacial score (nSPS) is 10.5. The van der Waals surface area contributed by atoms with Gasteiger partial charge in [0.1, 0.15) is 0 Å². The maximum atomic E-state index is 10.6. The third-order valence-electron chi connectivity index (χ3n) is 2.06. The predicted octanol–water partition coefficient (Wildman–Crippen LogP) is 0.509. The molecule has 84 valence electrons. The molecule has 16 heavy (non-hydrogen) atoms. The van der Waals surface area contributed by atoms with Gasteiger partial charge in [-0.2, -0.15) is 0 Å². The van der Waals surface area contributed by atoms with E-state index in [4.69, 9.17) is 5.73 Å². The van der Waals surface area contributed by atoms with E-state index >= 15 is 0 Å². The minimum Gasteiger partial charge on any atom is -0.369 e. The molecule has 2 rings (SSSR count). The number of primary amides is 1. The summed E-state index contributed by atoms with van der Waals surface area (Å²) in [4.78, 5) is 14.8. The van der Waals surface area contributed by atoms with Crippen LogP contribution in [0.15, 0.2) is 29.9 Å². The van der Waals surface area contributed by atoms with Crippen LogP contribution in [0.5, 0.6) is 0 Å². The number of thiazole rings is 1. The quantitative estimate of drug-likeness (QED) is 0.794. The van der Waals surface area contributed by atoms with E-state index in [2.05, 4.69) is 10.3 Å². The first-order chi connectivity index (χ1) is 7.77. The van der Waals surface area contributed by atoms with E-state index in [1.807, 2.05) is 28.3 Å². The Hall–Kier alpha value is -1.66. The third-order valence-corrected chi connectivity index (χ3v) is 2.83. The molecule has 0 aliphatic carbocycles. The second kappa shape index (κ2) is 4.91. The number of aromatic nitrogens is 2. The lowest BCUT2D eigenvalue weighted by Gasteiger charge is -2.06. The Morgan fingerprint density at radius 3 is 3.19 bits per heavy atom. The molecule has 2 aromatic rings. The molecule has 0 saturated heterocycles. The second-order valence-electron chi connectivity index (χ2n) is 3.25. The van der Waals surface area contributed by atoms with Gasteiger partial charge in [0.15, 0.2) is 5.13 Å². The molecule has 0 fully saturated rings. The first kappa shape index (κ1) is 10.8. The highest BCUT2D eigenvalue weighted by Gasteiger charge is 2.04. The number of amides is 1. The molecule has 0 unspecified atom stereocenters. The summed E-state index contributed by atoms with van der Waals surface area (Å²) < 4.78 is 1.98. The van der Waals surface area contributed by atoms with Gasteiger partial charge in [-0.3, -0.25) is 9.36 Å². The lowest BCUT2D eigenvalue weighted by atomic mass is 10.4. The SMILES string of the molecule is NC(=O)CNCc1cccn1-c1nccs1. The van der Waals surface area contributed by atoms with Crippen molar-refractivity contribution in [2.24, 2.45) is 5.73 Å². The van der Waals surface area contributed by atoms with Crippen molar-refractivity contribution in [2.45, 2.75) is 6.54 Å². The summed E-state index contributed by atoms with van der Waals surface area (Å²) in [6, 6.07) is 3.93. The van der Waals surface area contributed by atoms with Gasteiger partial charge in [-0.1, -0.05) is 0 Å².